The molecule has 3 aromatic carbocycles. The Balaban J connectivity index is 0.000000913. The summed E-state index contributed by atoms with van der Waals surface area (Å²) in [6, 6.07) is 25.4. The lowest BCUT2D eigenvalue weighted by atomic mass is 10.1. The molecule has 0 atom stereocenters. The number of nitriles is 1. The Labute approximate surface area is 186 Å². The Morgan fingerprint density at radius 2 is 1.62 bits per heavy atom. The number of nitrogens with one attached hydrogen (secondary N) is 1. The van der Waals surface area contributed by atoms with E-state index < -0.39 is 5.91 Å². The Kier molecular flexibility index (Phi) is 7.50. The predicted octanol–water partition coefficient (Wildman–Crippen LogP) is 4.99. The lowest BCUT2D eigenvalue weighted by Gasteiger charge is -2.11. The molecule has 1 aromatic heterocycles. The maximum atomic E-state index is 12.9. The monoisotopic (exact) mass is 424 g/mol. The fraction of sp³-hybridized carbons (Fsp3) is 0.154. The van der Waals surface area contributed by atoms with Crippen LogP contribution in [0.4, 0.5) is 5.69 Å². The highest BCUT2D eigenvalue weighted by molar-refractivity contribution is 5.94. The second-order valence-corrected chi connectivity index (χ2v) is 7.17. The van der Waals surface area contributed by atoms with Crippen molar-refractivity contribution in [1.29, 1.82) is 5.26 Å². The van der Waals surface area contributed by atoms with E-state index >= 15 is 0 Å². The normalized spacial score (nSPS) is 10.0. The molecular weight excluding hydrogens is 400 g/mol. The maximum absolute atomic E-state index is 12.9. The first-order valence-corrected chi connectivity index (χ1v) is 10.4. The zero-order valence-electron chi connectivity index (χ0n) is 18.1. The molecule has 6 nitrogen and oxygen atoms in total. The van der Waals surface area contributed by atoms with Crippen molar-refractivity contribution in [3.8, 4) is 17.3 Å². The molecule has 4 rings (SSSR count). The SMILES string of the molecule is CCC.N#Cc1cccc(NC(=O)Cn2nc(-c3ccccc3)c3ccccc3c2=O)c1. The molecular formula is C26H24N4O2. The van der Waals surface area contributed by atoms with E-state index in [-0.39, 0.29) is 12.1 Å². The summed E-state index contributed by atoms with van der Waals surface area (Å²) in [5.41, 5.74) is 2.10. The number of amides is 1. The number of rotatable bonds is 4. The number of hydrogen-bond acceptors (Lipinski definition) is 4. The van der Waals surface area contributed by atoms with Crippen LogP contribution in [-0.2, 0) is 11.3 Å². The molecule has 6 heteroatoms. The van der Waals surface area contributed by atoms with Crippen molar-refractivity contribution in [2.24, 2.45) is 0 Å². The standard InChI is InChI=1S/C23H16N4O2.C3H8/c24-14-16-7-6-10-18(13-16)25-21(28)15-27-23(29)20-12-5-4-11-19(20)22(26-27)17-8-2-1-3-9-17;1-3-2/h1-13H,15H2,(H,25,28);3H2,1-2H3. The Hall–Kier alpha value is -4.24. The van der Waals surface area contributed by atoms with Crippen molar-refractivity contribution in [3.05, 3.63) is 94.8 Å². The van der Waals surface area contributed by atoms with E-state index in [0.29, 0.717) is 22.3 Å². The molecule has 0 fully saturated rings. The van der Waals surface area contributed by atoms with Gasteiger partial charge in [-0.2, -0.15) is 10.4 Å². The van der Waals surface area contributed by atoms with Crippen LogP contribution in [0.1, 0.15) is 25.8 Å². The summed E-state index contributed by atoms with van der Waals surface area (Å²) < 4.78 is 1.17. The molecule has 1 N–H and O–H groups in total. The largest absolute Gasteiger partial charge is 0.324 e. The number of anilines is 1. The van der Waals surface area contributed by atoms with Crippen LogP contribution in [0, 0.1) is 11.3 Å². The summed E-state index contributed by atoms with van der Waals surface area (Å²) in [7, 11) is 0. The highest BCUT2D eigenvalue weighted by Crippen LogP contribution is 2.24. The van der Waals surface area contributed by atoms with Crippen LogP contribution >= 0.6 is 0 Å². The summed E-state index contributed by atoms with van der Waals surface area (Å²) in [5, 5.41) is 17.4. The molecule has 0 aliphatic rings. The van der Waals surface area contributed by atoms with Gasteiger partial charge < -0.3 is 5.32 Å². The van der Waals surface area contributed by atoms with Crippen LogP contribution < -0.4 is 10.9 Å². The number of nitrogens with zero attached hydrogens (tertiary/aromatic N) is 3. The number of carbonyl (C=O) groups is 1. The average Bonchev–Trinajstić information content (AvgIpc) is 2.82. The van der Waals surface area contributed by atoms with E-state index in [0.717, 1.165) is 10.9 Å². The second kappa shape index (κ2) is 10.7. The van der Waals surface area contributed by atoms with Crippen LogP contribution in [0.5, 0.6) is 0 Å². The van der Waals surface area contributed by atoms with Gasteiger partial charge in [0.2, 0.25) is 5.91 Å². The third-order valence-corrected chi connectivity index (χ3v) is 4.48. The van der Waals surface area contributed by atoms with Gasteiger partial charge in [0.25, 0.3) is 5.56 Å². The molecule has 0 spiro atoms. The van der Waals surface area contributed by atoms with Crippen molar-refractivity contribution in [3.63, 3.8) is 0 Å². The zero-order chi connectivity index (χ0) is 22.9. The Morgan fingerprint density at radius 1 is 0.969 bits per heavy atom. The summed E-state index contributed by atoms with van der Waals surface area (Å²) in [5.74, 6) is -0.399. The van der Waals surface area contributed by atoms with E-state index in [2.05, 4.69) is 24.3 Å². The minimum atomic E-state index is -0.399. The average molecular weight is 425 g/mol. The molecule has 0 saturated carbocycles. The van der Waals surface area contributed by atoms with E-state index in [9.17, 15) is 9.59 Å². The molecule has 0 radical (unpaired) electrons. The van der Waals surface area contributed by atoms with Gasteiger partial charge in [-0.05, 0) is 24.3 Å². The fourth-order valence-electron chi connectivity index (χ4n) is 3.15. The van der Waals surface area contributed by atoms with Crippen LogP contribution in [0.2, 0.25) is 0 Å². The van der Waals surface area contributed by atoms with Crippen molar-refractivity contribution in [2.75, 3.05) is 5.32 Å². The van der Waals surface area contributed by atoms with Crippen LogP contribution in [-0.4, -0.2) is 15.7 Å². The lowest BCUT2D eigenvalue weighted by Crippen LogP contribution is -2.30. The van der Waals surface area contributed by atoms with Gasteiger partial charge in [0.15, 0.2) is 0 Å². The fourth-order valence-corrected chi connectivity index (χ4v) is 3.15. The number of fused-ring (bicyclic) bond motifs is 1. The zero-order valence-corrected chi connectivity index (χ0v) is 18.1. The molecule has 32 heavy (non-hydrogen) atoms. The highest BCUT2D eigenvalue weighted by Gasteiger charge is 2.14. The smallest absolute Gasteiger partial charge is 0.275 e. The topological polar surface area (TPSA) is 87.8 Å². The lowest BCUT2D eigenvalue weighted by molar-refractivity contribution is -0.117. The molecule has 0 unspecified atom stereocenters. The van der Waals surface area contributed by atoms with Crippen LogP contribution in [0.15, 0.2) is 83.7 Å². The maximum Gasteiger partial charge on any atom is 0.275 e. The molecule has 0 saturated heterocycles. The van der Waals surface area contributed by atoms with Crippen molar-refractivity contribution in [2.45, 2.75) is 26.8 Å². The minimum absolute atomic E-state index is 0.236. The number of aromatic nitrogens is 2. The number of hydrogen-bond donors (Lipinski definition) is 1. The number of carbonyl (C=O) groups excluding carboxylic acids is 1. The van der Waals surface area contributed by atoms with Crippen molar-refractivity contribution in [1.82, 2.24) is 9.78 Å². The number of benzene rings is 3. The molecule has 4 aromatic rings. The summed E-state index contributed by atoms with van der Waals surface area (Å²) in [6.07, 6.45) is 1.25. The summed E-state index contributed by atoms with van der Waals surface area (Å²) >= 11 is 0. The molecule has 0 aliphatic carbocycles. The van der Waals surface area contributed by atoms with Gasteiger partial charge >= 0.3 is 0 Å². The van der Waals surface area contributed by atoms with Gasteiger partial charge in [-0.3, -0.25) is 9.59 Å². The first-order chi connectivity index (χ1) is 15.6. The van der Waals surface area contributed by atoms with Gasteiger partial charge in [0.05, 0.1) is 22.7 Å². The quantitative estimate of drug-likeness (QED) is 0.500. The Morgan fingerprint density at radius 3 is 2.31 bits per heavy atom. The first kappa shape index (κ1) is 22.4. The van der Waals surface area contributed by atoms with E-state index in [1.54, 1.807) is 36.4 Å². The van der Waals surface area contributed by atoms with Crippen LogP contribution in [0.3, 0.4) is 0 Å². The molecule has 0 aliphatic heterocycles. The first-order valence-electron chi connectivity index (χ1n) is 10.4. The van der Waals surface area contributed by atoms with Gasteiger partial charge in [0, 0.05) is 16.6 Å². The molecule has 160 valence electrons. The Bertz CT molecular complexity index is 1320. The summed E-state index contributed by atoms with van der Waals surface area (Å²) in [4.78, 5) is 25.4. The molecule has 1 amide bonds. The van der Waals surface area contributed by atoms with E-state index in [4.69, 9.17) is 5.26 Å². The van der Waals surface area contributed by atoms with E-state index in [1.807, 2.05) is 48.5 Å². The highest BCUT2D eigenvalue weighted by atomic mass is 16.2. The summed E-state index contributed by atoms with van der Waals surface area (Å²) in [6.45, 7) is 4.01. The predicted molar refractivity (Wildman–Crippen MR) is 127 cm³/mol. The van der Waals surface area contributed by atoms with Crippen LogP contribution in [0.25, 0.3) is 22.0 Å². The minimum Gasteiger partial charge on any atom is -0.324 e. The van der Waals surface area contributed by atoms with Gasteiger partial charge in [-0.1, -0.05) is 74.9 Å². The van der Waals surface area contributed by atoms with Gasteiger partial charge in [-0.15, -0.1) is 0 Å². The van der Waals surface area contributed by atoms with Crippen molar-refractivity contribution < 1.29 is 4.79 Å². The molecule has 1 heterocycles. The third-order valence-electron chi connectivity index (χ3n) is 4.48. The van der Waals surface area contributed by atoms with Gasteiger partial charge in [0.1, 0.15) is 6.54 Å². The van der Waals surface area contributed by atoms with Crippen molar-refractivity contribution >= 4 is 22.4 Å². The third kappa shape index (κ3) is 5.27. The second-order valence-electron chi connectivity index (χ2n) is 7.17. The van der Waals surface area contributed by atoms with E-state index in [1.165, 1.54) is 11.1 Å². The molecule has 0 bridgehead atoms. The van der Waals surface area contributed by atoms with Gasteiger partial charge in [-0.25, -0.2) is 4.68 Å².